The summed E-state index contributed by atoms with van der Waals surface area (Å²) in [4.78, 5) is 0. The molecular weight excluding hydrogens is 236 g/mol. The Hall–Kier alpha value is -0.870. The molecule has 2 rings (SSSR count). The topological polar surface area (TPSA) is 55.9 Å². The molecule has 1 fully saturated rings. The summed E-state index contributed by atoms with van der Waals surface area (Å²) in [7, 11) is 0. The highest BCUT2D eigenvalue weighted by atomic mass is 15.3. The number of hydrogen-bond acceptors (Lipinski definition) is 3. The molecule has 1 aromatic heterocycles. The van der Waals surface area contributed by atoms with Crippen LogP contribution in [0.4, 0.5) is 0 Å². The number of aryl methyl sites for hydroxylation is 1. The molecule has 1 heterocycles. The lowest BCUT2D eigenvalue weighted by atomic mass is 9.85. The van der Waals surface area contributed by atoms with Crippen molar-refractivity contribution in [3.8, 4) is 0 Å². The number of hydrogen-bond donors (Lipinski definition) is 2. The summed E-state index contributed by atoms with van der Waals surface area (Å²) in [5, 5.41) is 4.39. The van der Waals surface area contributed by atoms with Crippen LogP contribution in [0, 0.1) is 5.92 Å². The maximum atomic E-state index is 5.72. The Labute approximate surface area is 116 Å². The highest BCUT2D eigenvalue weighted by molar-refractivity contribution is 5.10. The van der Waals surface area contributed by atoms with Crippen LogP contribution >= 0.6 is 0 Å². The molecule has 1 atom stereocenters. The van der Waals surface area contributed by atoms with Crippen molar-refractivity contribution >= 4 is 0 Å². The van der Waals surface area contributed by atoms with Gasteiger partial charge in [-0.3, -0.25) is 16.0 Å². The quantitative estimate of drug-likeness (QED) is 0.587. The zero-order valence-corrected chi connectivity index (χ0v) is 12.1. The van der Waals surface area contributed by atoms with E-state index >= 15 is 0 Å². The van der Waals surface area contributed by atoms with Crippen LogP contribution in [-0.4, -0.2) is 9.78 Å². The second kappa shape index (κ2) is 7.65. The van der Waals surface area contributed by atoms with Crippen LogP contribution in [-0.2, 0) is 6.54 Å². The van der Waals surface area contributed by atoms with Crippen molar-refractivity contribution in [2.45, 2.75) is 70.9 Å². The fourth-order valence-corrected chi connectivity index (χ4v) is 3.14. The van der Waals surface area contributed by atoms with Gasteiger partial charge in [-0.25, -0.2) is 0 Å². The van der Waals surface area contributed by atoms with E-state index in [-0.39, 0.29) is 6.04 Å². The third kappa shape index (κ3) is 4.32. The Balaban J connectivity index is 1.84. The number of nitrogens with zero attached hydrogens (tertiary/aromatic N) is 2. The van der Waals surface area contributed by atoms with Crippen molar-refractivity contribution in [1.29, 1.82) is 0 Å². The molecule has 0 aromatic carbocycles. The zero-order valence-electron chi connectivity index (χ0n) is 12.1. The molecule has 1 aliphatic carbocycles. The lowest BCUT2D eigenvalue weighted by Crippen LogP contribution is -2.28. The Kier molecular flexibility index (Phi) is 5.86. The minimum atomic E-state index is 0.257. The average Bonchev–Trinajstić information content (AvgIpc) is 2.90. The highest BCUT2D eigenvalue weighted by Crippen LogP contribution is 2.30. The molecule has 1 aliphatic rings. The number of rotatable bonds is 7. The first-order chi connectivity index (χ1) is 9.33. The average molecular weight is 264 g/mol. The van der Waals surface area contributed by atoms with Gasteiger partial charge in [-0.2, -0.15) is 5.10 Å². The van der Waals surface area contributed by atoms with E-state index in [9.17, 15) is 0 Å². The third-order valence-corrected chi connectivity index (χ3v) is 4.30. The van der Waals surface area contributed by atoms with Crippen LogP contribution in [0.3, 0.4) is 0 Å². The van der Waals surface area contributed by atoms with E-state index < -0.39 is 0 Å². The molecule has 0 saturated heterocycles. The van der Waals surface area contributed by atoms with Gasteiger partial charge in [-0.1, -0.05) is 39.0 Å². The van der Waals surface area contributed by atoms with Crippen molar-refractivity contribution in [3.05, 3.63) is 18.0 Å². The smallest absolute Gasteiger partial charge is 0.0538 e. The van der Waals surface area contributed by atoms with Crippen molar-refractivity contribution < 1.29 is 0 Å². The van der Waals surface area contributed by atoms with Gasteiger partial charge in [0.15, 0.2) is 0 Å². The van der Waals surface area contributed by atoms with Crippen molar-refractivity contribution in [1.82, 2.24) is 15.2 Å². The van der Waals surface area contributed by atoms with Gasteiger partial charge in [0.2, 0.25) is 0 Å². The van der Waals surface area contributed by atoms with Crippen LogP contribution in [0.15, 0.2) is 12.4 Å². The summed E-state index contributed by atoms with van der Waals surface area (Å²) < 4.78 is 2.01. The van der Waals surface area contributed by atoms with Gasteiger partial charge in [0.25, 0.3) is 0 Å². The van der Waals surface area contributed by atoms with Crippen molar-refractivity contribution in [2.24, 2.45) is 11.8 Å². The Morgan fingerprint density at radius 3 is 2.89 bits per heavy atom. The van der Waals surface area contributed by atoms with Crippen molar-refractivity contribution in [3.63, 3.8) is 0 Å². The van der Waals surface area contributed by atoms with Gasteiger partial charge in [0.1, 0.15) is 0 Å². The molecule has 3 N–H and O–H groups in total. The van der Waals surface area contributed by atoms with Gasteiger partial charge < -0.3 is 0 Å². The Morgan fingerprint density at radius 1 is 1.42 bits per heavy atom. The number of hydrazine groups is 1. The van der Waals surface area contributed by atoms with Gasteiger partial charge in [-0.05, 0) is 25.2 Å². The normalized spacial score (nSPS) is 18.6. The van der Waals surface area contributed by atoms with Crippen LogP contribution in [0.1, 0.15) is 69.9 Å². The second-order valence-corrected chi connectivity index (χ2v) is 5.84. The molecule has 0 spiro atoms. The van der Waals surface area contributed by atoms with Crippen LogP contribution in [0.25, 0.3) is 0 Å². The molecule has 108 valence electrons. The molecule has 4 nitrogen and oxygen atoms in total. The number of nitrogens with one attached hydrogen (secondary N) is 1. The van der Waals surface area contributed by atoms with E-state index in [0.29, 0.717) is 0 Å². The van der Waals surface area contributed by atoms with Gasteiger partial charge in [-0.15, -0.1) is 0 Å². The molecule has 1 aromatic rings. The first-order valence-electron chi connectivity index (χ1n) is 7.82. The zero-order chi connectivity index (χ0) is 13.5. The van der Waals surface area contributed by atoms with Crippen LogP contribution in [0.2, 0.25) is 0 Å². The first-order valence-corrected chi connectivity index (χ1v) is 7.82. The first kappa shape index (κ1) is 14.5. The van der Waals surface area contributed by atoms with E-state index in [1.54, 1.807) is 0 Å². The lowest BCUT2D eigenvalue weighted by molar-refractivity contribution is 0.315. The van der Waals surface area contributed by atoms with E-state index in [2.05, 4.69) is 23.6 Å². The molecule has 1 saturated carbocycles. The molecule has 19 heavy (non-hydrogen) atoms. The SMILES string of the molecule is CCCn1cc(C(CCC2CCCCC2)NN)cn1. The molecule has 1 unspecified atom stereocenters. The maximum absolute atomic E-state index is 5.72. The fourth-order valence-electron chi connectivity index (χ4n) is 3.14. The maximum Gasteiger partial charge on any atom is 0.0538 e. The monoisotopic (exact) mass is 264 g/mol. The minimum absolute atomic E-state index is 0.257. The van der Waals surface area contributed by atoms with Gasteiger partial charge in [0.05, 0.1) is 6.20 Å². The summed E-state index contributed by atoms with van der Waals surface area (Å²) in [5.74, 6) is 6.63. The Morgan fingerprint density at radius 2 is 2.21 bits per heavy atom. The predicted octanol–water partition coefficient (Wildman–Crippen LogP) is 3.16. The summed E-state index contributed by atoms with van der Waals surface area (Å²) >= 11 is 0. The molecule has 0 radical (unpaired) electrons. The number of nitrogens with two attached hydrogens (primary N) is 1. The van der Waals surface area contributed by atoms with Crippen LogP contribution in [0.5, 0.6) is 0 Å². The third-order valence-electron chi connectivity index (χ3n) is 4.30. The van der Waals surface area contributed by atoms with E-state index in [1.807, 2.05) is 10.9 Å². The van der Waals surface area contributed by atoms with Gasteiger partial charge in [0, 0.05) is 24.3 Å². The largest absolute Gasteiger partial charge is 0.272 e. The fraction of sp³-hybridized carbons (Fsp3) is 0.800. The summed E-state index contributed by atoms with van der Waals surface area (Å²) in [6.45, 7) is 3.16. The summed E-state index contributed by atoms with van der Waals surface area (Å²) in [5.41, 5.74) is 4.19. The van der Waals surface area contributed by atoms with Crippen LogP contribution < -0.4 is 11.3 Å². The summed E-state index contributed by atoms with van der Waals surface area (Å²) in [6, 6.07) is 0.257. The molecule has 0 aliphatic heterocycles. The molecule has 4 heteroatoms. The summed E-state index contributed by atoms with van der Waals surface area (Å²) in [6.07, 6.45) is 14.7. The minimum Gasteiger partial charge on any atom is -0.272 e. The highest BCUT2D eigenvalue weighted by Gasteiger charge is 2.17. The standard InChI is InChI=1S/C15H28N4/c1-2-10-19-12-14(11-17-19)15(18-16)9-8-13-6-4-3-5-7-13/h11-13,15,18H,2-10,16H2,1H3. The van der Waals surface area contributed by atoms with E-state index in [0.717, 1.165) is 25.3 Å². The van der Waals surface area contributed by atoms with Crippen molar-refractivity contribution in [2.75, 3.05) is 0 Å². The molecule has 0 amide bonds. The Bertz CT molecular complexity index is 355. The second-order valence-electron chi connectivity index (χ2n) is 5.84. The van der Waals surface area contributed by atoms with E-state index in [1.165, 1.54) is 44.1 Å². The van der Waals surface area contributed by atoms with E-state index in [4.69, 9.17) is 5.84 Å². The lowest BCUT2D eigenvalue weighted by Gasteiger charge is -2.23. The van der Waals surface area contributed by atoms with Gasteiger partial charge >= 0.3 is 0 Å². The number of aromatic nitrogens is 2. The predicted molar refractivity (Wildman–Crippen MR) is 78.4 cm³/mol. The molecular formula is C15H28N4. The molecule has 0 bridgehead atoms.